The van der Waals surface area contributed by atoms with Gasteiger partial charge in [0, 0.05) is 25.6 Å². The zero-order valence-electron chi connectivity index (χ0n) is 17.1. The summed E-state index contributed by atoms with van der Waals surface area (Å²) in [6.45, 7) is 1.32. The zero-order chi connectivity index (χ0) is 21.4. The van der Waals surface area contributed by atoms with Crippen LogP contribution in [0.15, 0.2) is 54.6 Å². The number of rotatable bonds is 4. The molecule has 0 unspecified atom stereocenters. The Labute approximate surface area is 191 Å². The molecule has 1 aliphatic carbocycles. The Morgan fingerprint density at radius 3 is 2.55 bits per heavy atom. The van der Waals surface area contributed by atoms with Crippen molar-refractivity contribution in [3.8, 4) is 0 Å². The van der Waals surface area contributed by atoms with E-state index < -0.39 is 0 Å². The number of fused-ring (bicyclic) bond motifs is 3. The number of hydrogen-bond donors (Lipinski definition) is 0. The average molecular weight is 453 g/mol. The van der Waals surface area contributed by atoms with Crippen LogP contribution >= 0.6 is 24.0 Å². The summed E-state index contributed by atoms with van der Waals surface area (Å²) in [7, 11) is 0. The molecule has 5 rings (SSSR count). The van der Waals surface area contributed by atoms with Gasteiger partial charge in [0.1, 0.15) is 6.10 Å². The van der Waals surface area contributed by atoms with Gasteiger partial charge in [0.15, 0.2) is 0 Å². The molecule has 2 aromatic carbocycles. The molecule has 2 heterocycles. The van der Waals surface area contributed by atoms with Crippen LogP contribution in [-0.2, 0) is 16.0 Å². The minimum Gasteiger partial charge on any atom is -0.443 e. The number of amides is 2. The summed E-state index contributed by atoms with van der Waals surface area (Å²) >= 11 is 6.87. The summed E-state index contributed by atoms with van der Waals surface area (Å²) in [4.78, 5) is 29.2. The highest BCUT2D eigenvalue weighted by atomic mass is 32.2. The average Bonchev–Trinajstić information content (AvgIpc) is 3.32. The van der Waals surface area contributed by atoms with Gasteiger partial charge in [0.05, 0.1) is 16.0 Å². The predicted octanol–water partition coefficient (Wildman–Crippen LogP) is 4.20. The molecule has 2 aliphatic heterocycles. The summed E-state index contributed by atoms with van der Waals surface area (Å²) in [5, 5.41) is 0. The first-order chi connectivity index (χ1) is 15.1. The third kappa shape index (κ3) is 3.96. The van der Waals surface area contributed by atoms with Gasteiger partial charge in [-0.05, 0) is 29.5 Å². The fourth-order valence-electron chi connectivity index (χ4n) is 4.92. The molecular formula is C24H24N2O3S2. The van der Waals surface area contributed by atoms with Crippen molar-refractivity contribution < 1.29 is 14.3 Å². The molecule has 3 aliphatic rings. The predicted molar refractivity (Wildman–Crippen MR) is 125 cm³/mol. The van der Waals surface area contributed by atoms with E-state index in [1.165, 1.54) is 22.9 Å². The summed E-state index contributed by atoms with van der Waals surface area (Å²) < 4.78 is 6.45. The fraction of sp³-hybridized carbons (Fsp3) is 0.375. The Hall–Kier alpha value is -2.38. The fourth-order valence-corrected chi connectivity index (χ4v) is 5.97. The van der Waals surface area contributed by atoms with Crippen molar-refractivity contribution >= 4 is 40.2 Å². The van der Waals surface area contributed by atoms with Crippen molar-refractivity contribution in [3.63, 3.8) is 0 Å². The Morgan fingerprint density at radius 1 is 1.06 bits per heavy atom. The Balaban J connectivity index is 1.17. The third-order valence-corrected chi connectivity index (χ3v) is 7.93. The highest BCUT2D eigenvalue weighted by molar-refractivity contribution is 8.24. The number of likely N-dealkylation sites (tertiary alicyclic amines) is 1. The van der Waals surface area contributed by atoms with Gasteiger partial charge in [0.25, 0.3) is 0 Å². The van der Waals surface area contributed by atoms with Crippen LogP contribution in [0, 0.1) is 0 Å². The molecule has 5 nitrogen and oxygen atoms in total. The van der Waals surface area contributed by atoms with Gasteiger partial charge in [-0.1, -0.05) is 66.8 Å². The molecule has 2 aromatic rings. The maximum absolute atomic E-state index is 12.7. The van der Waals surface area contributed by atoms with Gasteiger partial charge in [-0.2, -0.15) is 0 Å². The van der Waals surface area contributed by atoms with Crippen LogP contribution < -0.4 is 0 Å². The van der Waals surface area contributed by atoms with Crippen LogP contribution in [0.5, 0.6) is 0 Å². The van der Waals surface area contributed by atoms with Gasteiger partial charge in [-0.15, -0.1) is 11.8 Å². The molecule has 2 saturated heterocycles. The van der Waals surface area contributed by atoms with Crippen molar-refractivity contribution in [2.24, 2.45) is 0 Å². The second-order valence-corrected chi connectivity index (χ2v) is 9.88. The van der Waals surface area contributed by atoms with Crippen molar-refractivity contribution in [1.29, 1.82) is 0 Å². The van der Waals surface area contributed by atoms with Crippen molar-refractivity contribution in [1.82, 2.24) is 9.80 Å². The van der Waals surface area contributed by atoms with E-state index in [1.54, 1.807) is 0 Å². The molecule has 2 fully saturated rings. The molecular weight excluding hydrogens is 428 g/mol. The van der Waals surface area contributed by atoms with E-state index in [2.05, 4.69) is 12.1 Å². The highest BCUT2D eigenvalue weighted by Gasteiger charge is 2.50. The lowest BCUT2D eigenvalue weighted by molar-refractivity contribution is -0.129. The molecule has 0 saturated carbocycles. The highest BCUT2D eigenvalue weighted by Crippen LogP contribution is 2.44. The van der Waals surface area contributed by atoms with Crippen LogP contribution in [0.4, 0.5) is 4.79 Å². The lowest BCUT2D eigenvalue weighted by Gasteiger charge is -2.38. The van der Waals surface area contributed by atoms with Crippen LogP contribution in [0.2, 0.25) is 0 Å². The second kappa shape index (κ2) is 8.63. The zero-order valence-corrected chi connectivity index (χ0v) is 18.7. The monoisotopic (exact) mass is 452 g/mol. The number of thiocarbonyl (C=S) groups is 1. The van der Waals surface area contributed by atoms with Crippen LogP contribution in [0.3, 0.4) is 0 Å². The van der Waals surface area contributed by atoms with E-state index in [0.717, 1.165) is 29.0 Å². The Morgan fingerprint density at radius 2 is 1.77 bits per heavy atom. The molecule has 0 N–H and O–H groups in total. The molecule has 0 radical (unpaired) electrons. The van der Waals surface area contributed by atoms with Gasteiger partial charge in [-0.3, -0.25) is 9.69 Å². The molecule has 0 spiro atoms. The minimum atomic E-state index is -0.210. The van der Waals surface area contributed by atoms with Gasteiger partial charge >= 0.3 is 6.09 Å². The first-order valence-corrected chi connectivity index (χ1v) is 12.1. The number of thioether (sulfide) groups is 1. The third-order valence-electron chi connectivity index (χ3n) is 6.46. The number of hydrogen-bond acceptors (Lipinski definition) is 5. The second-order valence-electron chi connectivity index (χ2n) is 8.23. The van der Waals surface area contributed by atoms with Crippen molar-refractivity contribution in [3.05, 3.63) is 71.3 Å². The molecule has 160 valence electrons. The molecule has 2 amide bonds. The minimum absolute atomic E-state index is 0.00903. The van der Waals surface area contributed by atoms with E-state index in [0.29, 0.717) is 18.8 Å². The van der Waals surface area contributed by atoms with Crippen molar-refractivity contribution in [2.75, 3.05) is 18.8 Å². The lowest BCUT2D eigenvalue weighted by atomic mass is 9.99. The van der Waals surface area contributed by atoms with E-state index in [4.69, 9.17) is 17.0 Å². The van der Waals surface area contributed by atoms with Gasteiger partial charge in [-0.25, -0.2) is 4.79 Å². The number of nitrogens with zero attached hydrogens (tertiary/aromatic N) is 2. The van der Waals surface area contributed by atoms with E-state index in [1.807, 2.05) is 52.3 Å². The van der Waals surface area contributed by atoms with Crippen LogP contribution in [0.25, 0.3) is 0 Å². The maximum Gasteiger partial charge on any atom is 0.411 e. The molecule has 7 heteroatoms. The van der Waals surface area contributed by atoms with Crippen molar-refractivity contribution in [2.45, 2.75) is 37.5 Å². The van der Waals surface area contributed by atoms with Gasteiger partial charge in [0.2, 0.25) is 5.91 Å². The molecule has 2 atom stereocenters. The standard InChI is InChI=1S/C24H24N2O3S2/c27-21(15-31-23(30)16-6-2-1-3-7-16)25-12-10-18(11-13-25)26-22-19-9-5-4-8-17(19)14-20(22)29-24(26)28/h1-9,18,20,22H,10-15H2/t20-,22+/m0/s1. The summed E-state index contributed by atoms with van der Waals surface area (Å²) in [5.41, 5.74) is 3.46. The number of piperidine rings is 1. The van der Waals surface area contributed by atoms with Crippen LogP contribution in [-0.4, -0.2) is 57.0 Å². The Bertz CT molecular complexity index is 1000. The Kier molecular flexibility index (Phi) is 5.71. The molecule has 31 heavy (non-hydrogen) atoms. The number of carbonyl (C=O) groups is 2. The maximum atomic E-state index is 12.7. The summed E-state index contributed by atoms with van der Waals surface area (Å²) in [6, 6.07) is 18.2. The van der Waals surface area contributed by atoms with E-state index in [-0.39, 0.29) is 30.2 Å². The first kappa shape index (κ1) is 20.5. The number of benzene rings is 2. The van der Waals surface area contributed by atoms with Gasteiger partial charge < -0.3 is 9.64 Å². The SMILES string of the molecule is O=C(CSC(=S)c1ccccc1)N1CCC(N2C(=O)O[C@H]3Cc4ccccc4[C@H]32)CC1. The lowest BCUT2D eigenvalue weighted by Crippen LogP contribution is -2.48. The summed E-state index contributed by atoms with van der Waals surface area (Å²) in [6.07, 6.45) is 2.05. The largest absolute Gasteiger partial charge is 0.443 e. The molecule has 0 aromatic heterocycles. The van der Waals surface area contributed by atoms with Crippen LogP contribution in [0.1, 0.15) is 35.6 Å². The van der Waals surface area contributed by atoms with E-state index >= 15 is 0 Å². The smallest absolute Gasteiger partial charge is 0.411 e. The summed E-state index contributed by atoms with van der Waals surface area (Å²) in [5.74, 6) is 0.456. The molecule has 0 bridgehead atoms. The number of ether oxygens (including phenoxy) is 1. The first-order valence-electron chi connectivity index (χ1n) is 10.7. The topological polar surface area (TPSA) is 49.9 Å². The quantitative estimate of drug-likeness (QED) is 0.651. The van der Waals surface area contributed by atoms with E-state index in [9.17, 15) is 9.59 Å². The normalized spacial score (nSPS) is 22.8. The number of carbonyl (C=O) groups excluding carboxylic acids is 2.